The molecule has 138 valence electrons. The predicted octanol–water partition coefficient (Wildman–Crippen LogP) is 3.45. The van der Waals surface area contributed by atoms with Crippen LogP contribution in [-0.4, -0.2) is 44.7 Å². The number of ether oxygens (including phenoxy) is 1. The molecule has 0 unspecified atom stereocenters. The molecule has 0 spiro atoms. The van der Waals surface area contributed by atoms with E-state index in [4.69, 9.17) is 4.74 Å². The van der Waals surface area contributed by atoms with E-state index in [1.807, 2.05) is 20.8 Å². The number of alkyl halides is 3. The number of amides is 1. The number of rotatable bonds is 2. The second-order valence-corrected chi connectivity index (χ2v) is 7.46. The molecule has 0 aliphatic carbocycles. The molecule has 6 nitrogen and oxygen atoms in total. The Morgan fingerprint density at radius 2 is 1.96 bits per heavy atom. The molecule has 0 aromatic carbocycles. The molecule has 2 aliphatic rings. The first-order valence-corrected chi connectivity index (χ1v) is 8.22. The minimum absolute atomic E-state index is 0.0519. The van der Waals surface area contributed by atoms with Crippen LogP contribution in [0.25, 0.3) is 0 Å². The van der Waals surface area contributed by atoms with Gasteiger partial charge in [-0.15, -0.1) is 0 Å². The highest BCUT2D eigenvalue weighted by atomic mass is 19.4. The van der Waals surface area contributed by atoms with Gasteiger partial charge in [0.05, 0.1) is 24.5 Å². The lowest BCUT2D eigenvalue weighted by Crippen LogP contribution is -2.42. The standard InChI is InChI=1S/C16H21F3N4O2/c1-15(2,3)25-14(24)23-9-4-5-11(23)10(6-9)22-13-8-20-12(7-21-13)16(17,18)19/h7-11H,4-6H2,1-3H3,(H,21,22)/t9-,10-,11+/m1/s1. The topological polar surface area (TPSA) is 67.3 Å². The number of hydrogen-bond donors (Lipinski definition) is 1. The molecule has 25 heavy (non-hydrogen) atoms. The second-order valence-electron chi connectivity index (χ2n) is 7.46. The van der Waals surface area contributed by atoms with E-state index >= 15 is 0 Å². The maximum absolute atomic E-state index is 12.5. The summed E-state index contributed by atoms with van der Waals surface area (Å²) in [5.74, 6) is 0.273. The van der Waals surface area contributed by atoms with E-state index < -0.39 is 17.5 Å². The Hall–Kier alpha value is -2.06. The highest BCUT2D eigenvalue weighted by Crippen LogP contribution is 2.40. The predicted molar refractivity (Wildman–Crippen MR) is 83.9 cm³/mol. The van der Waals surface area contributed by atoms with Crippen molar-refractivity contribution >= 4 is 11.9 Å². The zero-order chi connectivity index (χ0) is 18.4. The number of aromatic nitrogens is 2. The van der Waals surface area contributed by atoms with Gasteiger partial charge in [-0.25, -0.2) is 14.8 Å². The first-order valence-electron chi connectivity index (χ1n) is 8.22. The molecule has 2 saturated heterocycles. The molecule has 1 aromatic rings. The molecule has 2 bridgehead atoms. The molecule has 2 fully saturated rings. The lowest BCUT2D eigenvalue weighted by Gasteiger charge is -2.28. The van der Waals surface area contributed by atoms with Gasteiger partial charge in [-0.1, -0.05) is 0 Å². The third-order valence-corrected chi connectivity index (χ3v) is 4.42. The first-order chi connectivity index (χ1) is 11.5. The molecule has 0 saturated carbocycles. The number of carbonyl (C=O) groups excluding carboxylic acids is 1. The molecule has 3 heterocycles. The molecule has 0 radical (unpaired) electrons. The molecule has 2 aliphatic heterocycles. The highest BCUT2D eigenvalue weighted by Gasteiger charge is 2.50. The quantitative estimate of drug-likeness (QED) is 0.877. The van der Waals surface area contributed by atoms with Crippen LogP contribution in [0.5, 0.6) is 0 Å². The Balaban J connectivity index is 1.66. The minimum Gasteiger partial charge on any atom is -0.444 e. The molecule has 1 aromatic heterocycles. The van der Waals surface area contributed by atoms with Crippen molar-refractivity contribution in [3.8, 4) is 0 Å². The number of nitrogens with one attached hydrogen (secondary N) is 1. The molecular formula is C16H21F3N4O2. The van der Waals surface area contributed by atoms with Gasteiger partial charge in [-0.2, -0.15) is 13.2 Å². The van der Waals surface area contributed by atoms with Crippen LogP contribution in [-0.2, 0) is 10.9 Å². The van der Waals surface area contributed by atoms with Crippen LogP contribution in [0.3, 0.4) is 0 Å². The number of anilines is 1. The number of nitrogens with zero attached hydrogens (tertiary/aromatic N) is 3. The van der Waals surface area contributed by atoms with Gasteiger partial charge in [0.1, 0.15) is 11.4 Å². The Morgan fingerprint density at radius 3 is 2.52 bits per heavy atom. The third kappa shape index (κ3) is 3.80. The summed E-state index contributed by atoms with van der Waals surface area (Å²) in [5, 5.41) is 3.11. The van der Waals surface area contributed by atoms with Crippen LogP contribution in [0.15, 0.2) is 12.4 Å². The van der Waals surface area contributed by atoms with E-state index in [1.54, 1.807) is 4.90 Å². The van der Waals surface area contributed by atoms with Crippen molar-refractivity contribution in [3.63, 3.8) is 0 Å². The van der Waals surface area contributed by atoms with Crippen molar-refractivity contribution < 1.29 is 22.7 Å². The van der Waals surface area contributed by atoms with E-state index in [2.05, 4.69) is 15.3 Å². The van der Waals surface area contributed by atoms with Crippen molar-refractivity contribution in [2.75, 3.05) is 5.32 Å². The van der Waals surface area contributed by atoms with Crippen LogP contribution >= 0.6 is 0 Å². The third-order valence-electron chi connectivity index (χ3n) is 4.42. The zero-order valence-electron chi connectivity index (χ0n) is 14.3. The maximum Gasteiger partial charge on any atom is 0.434 e. The lowest BCUT2D eigenvalue weighted by molar-refractivity contribution is -0.141. The molecule has 9 heteroatoms. The van der Waals surface area contributed by atoms with Gasteiger partial charge in [0.25, 0.3) is 0 Å². The van der Waals surface area contributed by atoms with Crippen LogP contribution in [0.4, 0.5) is 23.8 Å². The molecular weight excluding hydrogens is 337 g/mol. The summed E-state index contributed by atoms with van der Waals surface area (Å²) < 4.78 is 43.1. The number of halogens is 3. The molecule has 1 N–H and O–H groups in total. The summed E-state index contributed by atoms with van der Waals surface area (Å²) in [5.41, 5.74) is -1.60. The van der Waals surface area contributed by atoms with Crippen molar-refractivity contribution in [3.05, 3.63) is 18.1 Å². The van der Waals surface area contributed by atoms with Gasteiger partial charge in [0.2, 0.25) is 0 Å². The van der Waals surface area contributed by atoms with Crippen LogP contribution < -0.4 is 5.32 Å². The van der Waals surface area contributed by atoms with E-state index in [9.17, 15) is 18.0 Å². The Bertz CT molecular complexity index is 642. The fourth-order valence-corrected chi connectivity index (χ4v) is 3.48. The Labute approximate surface area is 143 Å². The van der Waals surface area contributed by atoms with Crippen molar-refractivity contribution in [1.82, 2.24) is 14.9 Å². The lowest BCUT2D eigenvalue weighted by atomic mass is 9.95. The summed E-state index contributed by atoms with van der Waals surface area (Å²) in [7, 11) is 0. The van der Waals surface area contributed by atoms with Crippen molar-refractivity contribution in [1.29, 1.82) is 0 Å². The van der Waals surface area contributed by atoms with E-state index in [0.29, 0.717) is 12.6 Å². The summed E-state index contributed by atoms with van der Waals surface area (Å²) in [6.07, 6.45) is -0.620. The van der Waals surface area contributed by atoms with Crippen molar-refractivity contribution in [2.24, 2.45) is 0 Å². The van der Waals surface area contributed by atoms with Gasteiger partial charge >= 0.3 is 12.3 Å². The summed E-state index contributed by atoms with van der Waals surface area (Å²) in [6.45, 7) is 5.45. The Morgan fingerprint density at radius 1 is 1.24 bits per heavy atom. The number of carbonyl (C=O) groups is 1. The smallest absolute Gasteiger partial charge is 0.434 e. The van der Waals surface area contributed by atoms with Gasteiger partial charge in [0.15, 0.2) is 5.69 Å². The monoisotopic (exact) mass is 358 g/mol. The molecule has 3 atom stereocenters. The fraction of sp³-hybridized carbons (Fsp3) is 0.688. The largest absolute Gasteiger partial charge is 0.444 e. The Kier molecular flexibility index (Phi) is 4.28. The molecule has 1 amide bonds. The summed E-state index contributed by atoms with van der Waals surface area (Å²) in [4.78, 5) is 21.3. The first kappa shape index (κ1) is 17.8. The fourth-order valence-electron chi connectivity index (χ4n) is 3.48. The van der Waals surface area contributed by atoms with Gasteiger partial charge in [-0.3, -0.25) is 0 Å². The average molecular weight is 358 g/mol. The van der Waals surface area contributed by atoms with Crippen LogP contribution in [0.1, 0.15) is 45.7 Å². The number of hydrogen-bond acceptors (Lipinski definition) is 5. The minimum atomic E-state index is -4.51. The zero-order valence-corrected chi connectivity index (χ0v) is 14.3. The van der Waals surface area contributed by atoms with E-state index in [-0.39, 0.29) is 30.0 Å². The number of fused-ring (bicyclic) bond motifs is 2. The normalized spacial score (nSPS) is 26.0. The average Bonchev–Trinajstić information content (AvgIpc) is 3.02. The van der Waals surface area contributed by atoms with Crippen LogP contribution in [0.2, 0.25) is 0 Å². The van der Waals surface area contributed by atoms with Gasteiger partial charge < -0.3 is 15.0 Å². The SMILES string of the molecule is CC(C)(C)OC(=O)N1[C@@H]2CC[C@H]1[C@H](Nc1cnc(C(F)(F)F)cn1)C2. The summed E-state index contributed by atoms with van der Waals surface area (Å²) in [6, 6.07) is -0.0407. The summed E-state index contributed by atoms with van der Waals surface area (Å²) >= 11 is 0. The van der Waals surface area contributed by atoms with Crippen LogP contribution in [0, 0.1) is 0 Å². The van der Waals surface area contributed by atoms with E-state index in [1.165, 1.54) is 0 Å². The van der Waals surface area contributed by atoms with Gasteiger partial charge in [0, 0.05) is 6.04 Å². The van der Waals surface area contributed by atoms with Gasteiger partial charge in [-0.05, 0) is 40.0 Å². The second kappa shape index (κ2) is 6.03. The maximum atomic E-state index is 12.5. The molecule has 3 rings (SSSR count). The van der Waals surface area contributed by atoms with E-state index in [0.717, 1.165) is 19.0 Å². The highest BCUT2D eigenvalue weighted by molar-refractivity contribution is 5.70. The van der Waals surface area contributed by atoms with Crippen molar-refractivity contribution in [2.45, 2.75) is 69.9 Å².